The number of nitrogens with zero attached hydrogens (tertiary/aromatic N) is 1. The Balaban J connectivity index is 2.14. The van der Waals surface area contributed by atoms with Crippen molar-refractivity contribution in [3.8, 4) is 5.75 Å². The van der Waals surface area contributed by atoms with E-state index in [-0.39, 0.29) is 0 Å². The van der Waals surface area contributed by atoms with Gasteiger partial charge in [0.25, 0.3) is 0 Å². The first-order valence-electron chi connectivity index (χ1n) is 6.28. The van der Waals surface area contributed by atoms with Gasteiger partial charge >= 0.3 is 5.97 Å². The van der Waals surface area contributed by atoms with Gasteiger partial charge in [-0.2, -0.15) is 0 Å². The summed E-state index contributed by atoms with van der Waals surface area (Å²) in [5, 5.41) is 8.88. The van der Waals surface area contributed by atoms with Crippen LogP contribution in [0.25, 0.3) is 0 Å². The van der Waals surface area contributed by atoms with Crippen molar-refractivity contribution in [3.05, 3.63) is 59.7 Å². The smallest absolute Gasteiger partial charge is 0.335 e. The Labute approximate surface area is 118 Å². The van der Waals surface area contributed by atoms with Gasteiger partial charge in [0.15, 0.2) is 0 Å². The molecule has 0 aromatic heterocycles. The van der Waals surface area contributed by atoms with Crippen LogP contribution >= 0.6 is 0 Å². The molecule has 0 aliphatic carbocycles. The van der Waals surface area contributed by atoms with E-state index in [0.717, 1.165) is 17.0 Å². The minimum absolute atomic E-state index is 0.300. The molecule has 0 radical (unpaired) electrons. The highest BCUT2D eigenvalue weighted by Gasteiger charge is 2.08. The number of hydrogen-bond acceptors (Lipinski definition) is 3. The highest BCUT2D eigenvalue weighted by molar-refractivity contribution is 5.87. The van der Waals surface area contributed by atoms with E-state index in [1.54, 1.807) is 19.2 Å². The molecule has 0 fully saturated rings. The van der Waals surface area contributed by atoms with Gasteiger partial charge in [-0.15, -0.1) is 0 Å². The molecule has 104 valence electrons. The van der Waals surface area contributed by atoms with Crippen LogP contribution in [0.3, 0.4) is 0 Å². The molecule has 4 nitrogen and oxygen atoms in total. The number of para-hydroxylation sites is 2. The third-order valence-electron chi connectivity index (χ3n) is 3.12. The Morgan fingerprint density at radius 3 is 2.40 bits per heavy atom. The Hall–Kier alpha value is -2.49. The SMILES string of the molecule is COc1ccccc1N(C)Cc1ccc(C(=O)O)cc1. The van der Waals surface area contributed by atoms with Crippen molar-refractivity contribution in [2.45, 2.75) is 6.54 Å². The standard InChI is InChI=1S/C16H17NO3/c1-17(14-5-3-4-6-15(14)20-2)11-12-7-9-13(10-8-12)16(18)19/h3-10H,11H2,1-2H3,(H,18,19). The van der Waals surface area contributed by atoms with Gasteiger partial charge in [0.1, 0.15) is 5.75 Å². The molecule has 0 spiro atoms. The molecule has 1 N–H and O–H groups in total. The molecule has 0 saturated heterocycles. The summed E-state index contributed by atoms with van der Waals surface area (Å²) in [7, 11) is 3.62. The van der Waals surface area contributed by atoms with Crippen molar-refractivity contribution in [1.82, 2.24) is 0 Å². The lowest BCUT2D eigenvalue weighted by Crippen LogP contribution is -2.17. The molecule has 4 heteroatoms. The zero-order chi connectivity index (χ0) is 14.5. The highest BCUT2D eigenvalue weighted by Crippen LogP contribution is 2.27. The molecule has 0 aliphatic rings. The molecule has 0 amide bonds. The normalized spacial score (nSPS) is 10.1. The monoisotopic (exact) mass is 271 g/mol. The lowest BCUT2D eigenvalue weighted by molar-refractivity contribution is 0.0697. The minimum Gasteiger partial charge on any atom is -0.495 e. The fraction of sp³-hybridized carbons (Fsp3) is 0.188. The third kappa shape index (κ3) is 3.09. The number of benzene rings is 2. The lowest BCUT2D eigenvalue weighted by atomic mass is 10.1. The Morgan fingerprint density at radius 2 is 1.80 bits per heavy atom. The Bertz CT molecular complexity index is 593. The van der Waals surface area contributed by atoms with E-state index in [2.05, 4.69) is 4.90 Å². The number of hydrogen-bond donors (Lipinski definition) is 1. The van der Waals surface area contributed by atoms with Crippen molar-refractivity contribution in [2.24, 2.45) is 0 Å². The zero-order valence-electron chi connectivity index (χ0n) is 11.5. The summed E-state index contributed by atoms with van der Waals surface area (Å²) in [6.07, 6.45) is 0. The molecule has 0 unspecified atom stereocenters. The summed E-state index contributed by atoms with van der Waals surface area (Å²) in [5.74, 6) is -0.0909. The molecule has 0 heterocycles. The summed E-state index contributed by atoms with van der Waals surface area (Å²) >= 11 is 0. The first-order chi connectivity index (χ1) is 9.61. The highest BCUT2D eigenvalue weighted by atomic mass is 16.5. The summed E-state index contributed by atoms with van der Waals surface area (Å²) in [4.78, 5) is 12.9. The first-order valence-corrected chi connectivity index (χ1v) is 6.28. The number of aromatic carboxylic acids is 1. The number of carboxylic acid groups (broad SMARTS) is 1. The van der Waals surface area contributed by atoms with E-state index in [1.165, 1.54) is 0 Å². The van der Waals surface area contributed by atoms with Gasteiger partial charge in [-0.1, -0.05) is 24.3 Å². The maximum atomic E-state index is 10.8. The number of carbonyl (C=O) groups is 1. The van der Waals surface area contributed by atoms with E-state index < -0.39 is 5.97 Å². The van der Waals surface area contributed by atoms with Gasteiger partial charge in [-0.05, 0) is 29.8 Å². The van der Waals surface area contributed by atoms with Crippen LogP contribution in [0.5, 0.6) is 5.75 Å². The molecule has 20 heavy (non-hydrogen) atoms. The van der Waals surface area contributed by atoms with Gasteiger partial charge in [-0.3, -0.25) is 0 Å². The van der Waals surface area contributed by atoms with E-state index in [9.17, 15) is 4.79 Å². The number of anilines is 1. The average Bonchev–Trinajstić information content (AvgIpc) is 2.47. The number of ether oxygens (including phenoxy) is 1. The summed E-state index contributed by atoms with van der Waals surface area (Å²) in [5.41, 5.74) is 2.34. The fourth-order valence-corrected chi connectivity index (χ4v) is 2.06. The Morgan fingerprint density at radius 1 is 1.15 bits per heavy atom. The molecule has 2 rings (SSSR count). The van der Waals surface area contributed by atoms with Gasteiger partial charge in [0.05, 0.1) is 18.4 Å². The fourth-order valence-electron chi connectivity index (χ4n) is 2.06. The minimum atomic E-state index is -0.908. The van der Waals surface area contributed by atoms with Crippen LogP contribution < -0.4 is 9.64 Å². The Kier molecular flexibility index (Phi) is 4.25. The van der Waals surface area contributed by atoms with E-state index >= 15 is 0 Å². The van der Waals surface area contributed by atoms with Crippen LogP contribution in [0.1, 0.15) is 15.9 Å². The van der Waals surface area contributed by atoms with Crippen molar-refractivity contribution in [3.63, 3.8) is 0 Å². The van der Waals surface area contributed by atoms with Crippen molar-refractivity contribution < 1.29 is 14.6 Å². The van der Waals surface area contributed by atoms with Crippen LogP contribution in [0, 0.1) is 0 Å². The predicted octanol–water partition coefficient (Wildman–Crippen LogP) is 3.03. The van der Waals surface area contributed by atoms with Crippen molar-refractivity contribution >= 4 is 11.7 Å². The molecule has 0 bridgehead atoms. The van der Waals surface area contributed by atoms with Crippen LogP contribution in [0.15, 0.2) is 48.5 Å². The average molecular weight is 271 g/mol. The van der Waals surface area contributed by atoms with Crippen LogP contribution in [-0.4, -0.2) is 25.2 Å². The summed E-state index contributed by atoms with van der Waals surface area (Å²) in [6.45, 7) is 0.681. The number of methoxy groups -OCH3 is 1. The molecule has 0 atom stereocenters. The molecular formula is C16H17NO3. The number of rotatable bonds is 5. The zero-order valence-corrected chi connectivity index (χ0v) is 11.5. The third-order valence-corrected chi connectivity index (χ3v) is 3.12. The van der Waals surface area contributed by atoms with E-state index in [4.69, 9.17) is 9.84 Å². The second kappa shape index (κ2) is 6.10. The first kappa shape index (κ1) is 13.9. The molecule has 2 aromatic carbocycles. The maximum Gasteiger partial charge on any atom is 0.335 e. The van der Waals surface area contributed by atoms with Crippen molar-refractivity contribution in [1.29, 1.82) is 0 Å². The van der Waals surface area contributed by atoms with Crippen LogP contribution in [-0.2, 0) is 6.54 Å². The van der Waals surface area contributed by atoms with Gasteiger partial charge in [0.2, 0.25) is 0 Å². The second-order valence-corrected chi connectivity index (χ2v) is 4.53. The maximum absolute atomic E-state index is 10.8. The molecule has 0 aliphatic heterocycles. The summed E-state index contributed by atoms with van der Waals surface area (Å²) < 4.78 is 5.34. The molecule has 2 aromatic rings. The van der Waals surface area contributed by atoms with E-state index in [0.29, 0.717) is 12.1 Å². The van der Waals surface area contributed by atoms with Crippen LogP contribution in [0.2, 0.25) is 0 Å². The molecular weight excluding hydrogens is 254 g/mol. The second-order valence-electron chi connectivity index (χ2n) is 4.53. The quantitative estimate of drug-likeness (QED) is 0.908. The van der Waals surface area contributed by atoms with Crippen molar-refractivity contribution in [2.75, 3.05) is 19.1 Å². The number of carboxylic acids is 1. The van der Waals surface area contributed by atoms with E-state index in [1.807, 2.05) is 43.4 Å². The lowest BCUT2D eigenvalue weighted by Gasteiger charge is -2.21. The largest absolute Gasteiger partial charge is 0.495 e. The van der Waals surface area contributed by atoms with Gasteiger partial charge < -0.3 is 14.7 Å². The summed E-state index contributed by atoms with van der Waals surface area (Å²) in [6, 6.07) is 14.7. The van der Waals surface area contributed by atoms with Crippen LogP contribution in [0.4, 0.5) is 5.69 Å². The van der Waals surface area contributed by atoms with Gasteiger partial charge in [-0.25, -0.2) is 4.79 Å². The van der Waals surface area contributed by atoms with Gasteiger partial charge in [0, 0.05) is 13.6 Å². The topological polar surface area (TPSA) is 49.8 Å². The molecule has 0 saturated carbocycles. The predicted molar refractivity (Wildman–Crippen MR) is 78.5 cm³/mol.